The van der Waals surface area contributed by atoms with Gasteiger partial charge in [-0.15, -0.1) is 0 Å². The second-order valence-corrected chi connectivity index (χ2v) is 7.80. The van der Waals surface area contributed by atoms with Crippen molar-refractivity contribution >= 4 is 11.9 Å². The third-order valence-electron chi connectivity index (χ3n) is 5.60. The number of rotatable bonds is 7. The molecule has 1 N–H and O–H groups in total. The zero-order valence-electron chi connectivity index (χ0n) is 17.2. The Morgan fingerprint density at radius 3 is 2.40 bits per heavy atom. The van der Waals surface area contributed by atoms with Crippen LogP contribution in [0.25, 0.3) is 11.1 Å². The fraction of sp³-hybridized carbons (Fsp3) is 0.320. The molecule has 0 saturated carbocycles. The predicted molar refractivity (Wildman–Crippen MR) is 120 cm³/mol. The first-order valence-electron chi connectivity index (χ1n) is 10.7. The molecule has 1 aliphatic heterocycles. The van der Waals surface area contributed by atoms with E-state index >= 15 is 0 Å². The maximum Gasteiger partial charge on any atom is 0.225 e. The Morgan fingerprint density at radius 1 is 0.967 bits per heavy atom. The lowest BCUT2D eigenvalue weighted by molar-refractivity contribution is -0.125. The van der Waals surface area contributed by atoms with Gasteiger partial charge in [0.25, 0.3) is 0 Å². The molecule has 30 heavy (non-hydrogen) atoms. The van der Waals surface area contributed by atoms with Gasteiger partial charge in [-0.25, -0.2) is 9.97 Å². The molecule has 0 radical (unpaired) electrons. The monoisotopic (exact) mass is 400 g/mol. The van der Waals surface area contributed by atoms with Gasteiger partial charge in [0.15, 0.2) is 0 Å². The Labute approximate surface area is 178 Å². The molecular formula is C25H28N4O. The van der Waals surface area contributed by atoms with Crippen LogP contribution in [0.3, 0.4) is 0 Å². The molecule has 1 fully saturated rings. The molecule has 0 spiro atoms. The van der Waals surface area contributed by atoms with Crippen molar-refractivity contribution in [3.63, 3.8) is 0 Å². The van der Waals surface area contributed by atoms with Crippen molar-refractivity contribution in [2.24, 2.45) is 5.92 Å². The van der Waals surface area contributed by atoms with E-state index in [9.17, 15) is 4.79 Å². The quantitative estimate of drug-likeness (QED) is 0.607. The van der Waals surface area contributed by atoms with Crippen molar-refractivity contribution in [3.05, 3.63) is 78.6 Å². The molecule has 1 aromatic heterocycles. The van der Waals surface area contributed by atoms with Crippen molar-refractivity contribution < 1.29 is 4.79 Å². The lowest BCUT2D eigenvalue weighted by Gasteiger charge is -2.32. The first kappa shape index (κ1) is 20.1. The van der Waals surface area contributed by atoms with Crippen LogP contribution in [0.1, 0.15) is 24.8 Å². The highest BCUT2D eigenvalue weighted by Crippen LogP contribution is 2.22. The summed E-state index contributed by atoms with van der Waals surface area (Å²) in [5.74, 6) is 0.845. The summed E-state index contributed by atoms with van der Waals surface area (Å²) in [6.45, 7) is 2.28. The minimum Gasteiger partial charge on any atom is -0.356 e. The summed E-state index contributed by atoms with van der Waals surface area (Å²) in [6, 6.07) is 20.5. The molecule has 5 nitrogen and oxygen atoms in total. The van der Waals surface area contributed by atoms with Gasteiger partial charge < -0.3 is 10.2 Å². The first-order valence-corrected chi connectivity index (χ1v) is 10.7. The van der Waals surface area contributed by atoms with E-state index in [0.29, 0.717) is 19.0 Å². The fourth-order valence-electron chi connectivity index (χ4n) is 3.93. The van der Waals surface area contributed by atoms with E-state index in [2.05, 4.69) is 56.6 Å². The summed E-state index contributed by atoms with van der Waals surface area (Å²) in [4.78, 5) is 23.9. The molecule has 154 valence electrons. The number of hydrogen-bond donors (Lipinski definition) is 1. The summed E-state index contributed by atoms with van der Waals surface area (Å²) < 4.78 is 0. The normalized spacial score (nSPS) is 16.3. The summed E-state index contributed by atoms with van der Waals surface area (Å²) in [6.07, 6.45) is 7.57. The van der Waals surface area contributed by atoms with E-state index < -0.39 is 0 Å². The Morgan fingerprint density at radius 2 is 1.67 bits per heavy atom. The predicted octanol–water partition coefficient (Wildman–Crippen LogP) is 4.11. The van der Waals surface area contributed by atoms with Gasteiger partial charge in [-0.05, 0) is 36.8 Å². The van der Waals surface area contributed by atoms with Crippen molar-refractivity contribution in [2.45, 2.75) is 25.7 Å². The average molecular weight is 401 g/mol. The van der Waals surface area contributed by atoms with Crippen LogP contribution in [0, 0.1) is 5.92 Å². The maximum absolute atomic E-state index is 12.6. The molecule has 1 atom stereocenters. The summed E-state index contributed by atoms with van der Waals surface area (Å²) >= 11 is 0. The van der Waals surface area contributed by atoms with Gasteiger partial charge in [0, 0.05) is 37.6 Å². The van der Waals surface area contributed by atoms with Gasteiger partial charge in [-0.2, -0.15) is 0 Å². The number of aromatic nitrogens is 2. The Bertz CT molecular complexity index is 928. The molecule has 3 aromatic rings. The van der Waals surface area contributed by atoms with Gasteiger partial charge in [0.2, 0.25) is 11.9 Å². The van der Waals surface area contributed by atoms with Gasteiger partial charge in [-0.1, -0.05) is 60.7 Å². The van der Waals surface area contributed by atoms with Crippen LogP contribution in [-0.4, -0.2) is 35.5 Å². The van der Waals surface area contributed by atoms with Crippen LogP contribution in [0.15, 0.2) is 73.1 Å². The second-order valence-electron chi connectivity index (χ2n) is 7.80. The van der Waals surface area contributed by atoms with Crippen molar-refractivity contribution in [3.8, 4) is 11.1 Å². The molecule has 0 bridgehead atoms. The average Bonchev–Trinajstić information content (AvgIpc) is 2.83. The van der Waals surface area contributed by atoms with Crippen molar-refractivity contribution in [2.75, 3.05) is 24.5 Å². The number of hydrogen-bond acceptors (Lipinski definition) is 4. The van der Waals surface area contributed by atoms with Crippen LogP contribution >= 0.6 is 0 Å². The van der Waals surface area contributed by atoms with E-state index in [1.807, 2.05) is 36.7 Å². The number of carbonyl (C=O) groups is 1. The highest BCUT2D eigenvalue weighted by molar-refractivity contribution is 5.79. The number of aryl methyl sites for hydroxylation is 1. The van der Waals surface area contributed by atoms with Crippen LogP contribution in [-0.2, 0) is 11.2 Å². The van der Waals surface area contributed by atoms with Crippen LogP contribution < -0.4 is 10.2 Å². The molecule has 1 saturated heterocycles. The molecule has 2 aromatic carbocycles. The standard InChI is InChI=1S/C25H28N4O/c30-24(26-15-7-11-20-9-3-1-4-10-20)22-14-8-16-29(19-22)25-27-17-23(18-28-25)21-12-5-2-6-13-21/h1-6,9-10,12-13,17-18,22H,7-8,11,14-16,19H2,(H,26,30). The number of nitrogens with one attached hydrogen (secondary N) is 1. The first-order chi connectivity index (χ1) is 14.8. The molecule has 1 unspecified atom stereocenters. The Hall–Kier alpha value is -3.21. The Balaban J connectivity index is 1.28. The third kappa shape index (κ3) is 5.23. The Kier molecular flexibility index (Phi) is 6.70. The molecular weight excluding hydrogens is 372 g/mol. The fourth-order valence-corrected chi connectivity index (χ4v) is 3.93. The van der Waals surface area contributed by atoms with E-state index in [4.69, 9.17) is 0 Å². The summed E-state index contributed by atoms with van der Waals surface area (Å²) in [5.41, 5.74) is 3.42. The molecule has 1 aliphatic rings. The zero-order valence-corrected chi connectivity index (χ0v) is 17.2. The minimum absolute atomic E-state index is 0.00660. The molecule has 0 aliphatic carbocycles. The van der Waals surface area contributed by atoms with E-state index in [1.165, 1.54) is 5.56 Å². The van der Waals surface area contributed by atoms with Crippen molar-refractivity contribution in [1.29, 1.82) is 0 Å². The number of nitrogens with zero attached hydrogens (tertiary/aromatic N) is 3. The molecule has 1 amide bonds. The van der Waals surface area contributed by atoms with E-state index in [-0.39, 0.29) is 11.8 Å². The minimum atomic E-state index is -0.00660. The molecule has 2 heterocycles. The highest BCUT2D eigenvalue weighted by atomic mass is 16.1. The van der Waals surface area contributed by atoms with Gasteiger partial charge >= 0.3 is 0 Å². The second kappa shape index (κ2) is 10.0. The largest absolute Gasteiger partial charge is 0.356 e. The number of anilines is 1. The maximum atomic E-state index is 12.6. The van der Waals surface area contributed by atoms with Crippen LogP contribution in [0.5, 0.6) is 0 Å². The third-order valence-corrected chi connectivity index (χ3v) is 5.60. The smallest absolute Gasteiger partial charge is 0.225 e. The number of carbonyl (C=O) groups excluding carboxylic acids is 1. The summed E-state index contributed by atoms with van der Waals surface area (Å²) in [7, 11) is 0. The number of amides is 1. The van der Waals surface area contributed by atoms with E-state index in [1.54, 1.807) is 0 Å². The number of benzene rings is 2. The lowest BCUT2D eigenvalue weighted by atomic mass is 9.97. The molecule has 4 rings (SSSR count). The topological polar surface area (TPSA) is 58.1 Å². The van der Waals surface area contributed by atoms with E-state index in [0.717, 1.165) is 43.4 Å². The SMILES string of the molecule is O=C(NCCCc1ccccc1)C1CCCN(c2ncc(-c3ccccc3)cn2)C1. The molecule has 5 heteroatoms. The van der Waals surface area contributed by atoms with Gasteiger partial charge in [0.05, 0.1) is 5.92 Å². The highest BCUT2D eigenvalue weighted by Gasteiger charge is 2.26. The van der Waals surface area contributed by atoms with Crippen LogP contribution in [0.4, 0.5) is 5.95 Å². The summed E-state index contributed by atoms with van der Waals surface area (Å²) in [5, 5.41) is 3.12. The number of piperidine rings is 1. The zero-order chi connectivity index (χ0) is 20.6. The van der Waals surface area contributed by atoms with Crippen LogP contribution in [0.2, 0.25) is 0 Å². The van der Waals surface area contributed by atoms with Gasteiger partial charge in [0.1, 0.15) is 0 Å². The van der Waals surface area contributed by atoms with Gasteiger partial charge in [-0.3, -0.25) is 4.79 Å². The lowest BCUT2D eigenvalue weighted by Crippen LogP contribution is -2.44. The van der Waals surface area contributed by atoms with Crippen molar-refractivity contribution in [1.82, 2.24) is 15.3 Å².